The lowest BCUT2D eigenvalue weighted by Crippen LogP contribution is -2.16. The highest BCUT2D eigenvalue weighted by Gasteiger charge is 2.23. The molecule has 1 aromatic carbocycles. The average Bonchev–Trinajstić information content (AvgIpc) is 3.36. The fraction of sp³-hybridized carbons (Fsp3) is 0.368. The third-order valence-electron chi connectivity index (χ3n) is 3.95. The van der Waals surface area contributed by atoms with Crippen molar-refractivity contribution in [2.24, 2.45) is 0 Å². The minimum absolute atomic E-state index is 0.105. The lowest BCUT2D eigenvalue weighted by atomic mass is 10.3. The van der Waals surface area contributed by atoms with Crippen molar-refractivity contribution >= 4 is 34.1 Å². The van der Waals surface area contributed by atoms with Crippen LogP contribution in [-0.2, 0) is 4.79 Å². The number of nitrogens with zero attached hydrogens (tertiary/aromatic N) is 4. The first-order valence-electron chi connectivity index (χ1n) is 9.06. The number of hydrogen-bond donors (Lipinski definition) is 1. The second-order valence-corrected chi connectivity index (χ2v) is 8.23. The highest BCUT2D eigenvalue weighted by Crippen LogP contribution is 2.32. The maximum absolute atomic E-state index is 12.2. The Bertz CT molecular complexity index is 943. The molecule has 1 amide bonds. The molecule has 154 valence electrons. The van der Waals surface area contributed by atoms with Gasteiger partial charge in [-0.2, -0.15) is 0 Å². The van der Waals surface area contributed by atoms with Crippen molar-refractivity contribution in [3.05, 3.63) is 41.7 Å². The number of rotatable bonds is 9. The second-order valence-electron chi connectivity index (χ2n) is 6.39. The monoisotopic (exact) mass is 433 g/mol. The van der Waals surface area contributed by atoms with E-state index >= 15 is 0 Å². The highest BCUT2D eigenvalue weighted by atomic mass is 32.2. The van der Waals surface area contributed by atoms with Gasteiger partial charge in [-0.15, -0.1) is 21.5 Å². The summed E-state index contributed by atoms with van der Waals surface area (Å²) in [6.45, 7) is 6.00. The molecule has 0 saturated heterocycles. The topological polar surface area (TPSA) is 91.2 Å². The quantitative estimate of drug-likeness (QED) is 0.506. The molecular formula is C19H23N5O3S2. The first-order chi connectivity index (χ1) is 14.0. The molecule has 0 radical (unpaired) electrons. The predicted molar refractivity (Wildman–Crippen MR) is 114 cm³/mol. The number of methoxy groups -OCH3 is 1. The van der Waals surface area contributed by atoms with Crippen molar-refractivity contribution in [1.82, 2.24) is 19.7 Å². The Labute approximate surface area is 177 Å². The number of anilines is 1. The van der Waals surface area contributed by atoms with Gasteiger partial charge in [0, 0.05) is 17.6 Å². The second kappa shape index (κ2) is 9.75. The molecule has 1 N–H and O–H groups in total. The van der Waals surface area contributed by atoms with Crippen molar-refractivity contribution in [1.29, 1.82) is 0 Å². The van der Waals surface area contributed by atoms with Crippen LogP contribution >= 0.6 is 23.1 Å². The maximum Gasteiger partial charge on any atom is 0.236 e. The molecule has 2 aromatic heterocycles. The zero-order valence-electron chi connectivity index (χ0n) is 16.7. The van der Waals surface area contributed by atoms with Crippen LogP contribution in [0.4, 0.5) is 5.13 Å². The van der Waals surface area contributed by atoms with E-state index in [0.29, 0.717) is 27.6 Å². The van der Waals surface area contributed by atoms with Crippen molar-refractivity contribution < 1.29 is 14.3 Å². The lowest BCUT2D eigenvalue weighted by Gasteiger charge is -2.19. The Balaban J connectivity index is 1.71. The van der Waals surface area contributed by atoms with Crippen molar-refractivity contribution in [3.8, 4) is 11.5 Å². The molecule has 3 aromatic rings. The minimum Gasteiger partial charge on any atom is -0.493 e. The molecule has 0 fully saturated rings. The normalized spacial score (nSPS) is 12.0. The molecule has 0 aliphatic carbocycles. The fourth-order valence-electron chi connectivity index (χ4n) is 2.68. The molecule has 1 unspecified atom stereocenters. The lowest BCUT2D eigenvalue weighted by molar-refractivity contribution is -0.113. The Hall–Kier alpha value is -2.59. The van der Waals surface area contributed by atoms with E-state index in [1.807, 2.05) is 55.0 Å². The van der Waals surface area contributed by atoms with Crippen LogP contribution in [-0.4, -0.2) is 38.5 Å². The Kier molecular flexibility index (Phi) is 7.10. The van der Waals surface area contributed by atoms with E-state index in [0.717, 1.165) is 0 Å². The number of amides is 1. The van der Waals surface area contributed by atoms with Crippen LogP contribution < -0.4 is 14.8 Å². The summed E-state index contributed by atoms with van der Waals surface area (Å²) in [6, 6.07) is 7.58. The van der Waals surface area contributed by atoms with Crippen LogP contribution in [0.25, 0.3) is 0 Å². The van der Waals surface area contributed by atoms with Gasteiger partial charge in [0.15, 0.2) is 33.7 Å². The Morgan fingerprint density at radius 2 is 2.00 bits per heavy atom. The largest absolute Gasteiger partial charge is 0.493 e. The van der Waals surface area contributed by atoms with Crippen LogP contribution in [0.1, 0.15) is 38.7 Å². The SMILES string of the molecule is COc1ccccc1OC(C)c1nnc(SCC(=O)Nc2nccs2)n1C(C)C. The smallest absolute Gasteiger partial charge is 0.236 e. The van der Waals surface area contributed by atoms with E-state index in [4.69, 9.17) is 9.47 Å². The van der Waals surface area contributed by atoms with E-state index in [9.17, 15) is 4.79 Å². The predicted octanol–water partition coefficient (Wildman–Crippen LogP) is 4.19. The molecule has 10 heteroatoms. The first kappa shape index (κ1) is 21.1. The van der Waals surface area contributed by atoms with Gasteiger partial charge in [0.05, 0.1) is 12.9 Å². The van der Waals surface area contributed by atoms with Crippen LogP contribution in [0.3, 0.4) is 0 Å². The summed E-state index contributed by atoms with van der Waals surface area (Å²) in [5.41, 5.74) is 0. The molecule has 29 heavy (non-hydrogen) atoms. The molecular weight excluding hydrogens is 410 g/mol. The molecule has 0 aliphatic heterocycles. The van der Waals surface area contributed by atoms with Gasteiger partial charge < -0.3 is 19.4 Å². The summed E-state index contributed by atoms with van der Waals surface area (Å²) in [5, 5.41) is 14.4. The third kappa shape index (κ3) is 5.27. The molecule has 0 aliphatic rings. The maximum atomic E-state index is 12.2. The zero-order chi connectivity index (χ0) is 20.8. The molecule has 2 heterocycles. The van der Waals surface area contributed by atoms with Crippen molar-refractivity contribution in [3.63, 3.8) is 0 Å². The molecule has 1 atom stereocenters. The van der Waals surface area contributed by atoms with Crippen LogP contribution in [0, 0.1) is 0 Å². The summed E-state index contributed by atoms with van der Waals surface area (Å²) in [5.74, 6) is 2.06. The first-order valence-corrected chi connectivity index (χ1v) is 10.9. The van der Waals surface area contributed by atoms with Gasteiger partial charge in [-0.05, 0) is 32.9 Å². The third-order valence-corrected chi connectivity index (χ3v) is 5.59. The van der Waals surface area contributed by atoms with Gasteiger partial charge in [0.25, 0.3) is 0 Å². The van der Waals surface area contributed by atoms with Gasteiger partial charge in [-0.25, -0.2) is 4.98 Å². The van der Waals surface area contributed by atoms with Gasteiger partial charge in [-0.3, -0.25) is 4.79 Å². The number of thioether (sulfide) groups is 1. The number of para-hydroxylation sites is 2. The molecule has 0 saturated carbocycles. The van der Waals surface area contributed by atoms with E-state index in [1.165, 1.54) is 23.1 Å². The number of thiazole rings is 1. The number of carbonyl (C=O) groups excluding carboxylic acids is 1. The number of benzene rings is 1. The van der Waals surface area contributed by atoms with Crippen LogP contribution in [0.2, 0.25) is 0 Å². The van der Waals surface area contributed by atoms with Gasteiger partial charge in [-0.1, -0.05) is 23.9 Å². The average molecular weight is 434 g/mol. The summed E-state index contributed by atoms with van der Waals surface area (Å²) < 4.78 is 13.4. The van der Waals surface area contributed by atoms with Gasteiger partial charge in [0.1, 0.15) is 0 Å². The van der Waals surface area contributed by atoms with Crippen molar-refractivity contribution in [2.45, 2.75) is 38.1 Å². The highest BCUT2D eigenvalue weighted by molar-refractivity contribution is 7.99. The van der Waals surface area contributed by atoms with Gasteiger partial charge in [0.2, 0.25) is 5.91 Å². The zero-order valence-corrected chi connectivity index (χ0v) is 18.3. The number of hydrogen-bond acceptors (Lipinski definition) is 8. The molecule has 0 bridgehead atoms. The van der Waals surface area contributed by atoms with E-state index in [2.05, 4.69) is 20.5 Å². The van der Waals surface area contributed by atoms with Crippen LogP contribution in [0.5, 0.6) is 11.5 Å². The van der Waals surface area contributed by atoms with E-state index < -0.39 is 0 Å². The van der Waals surface area contributed by atoms with E-state index in [1.54, 1.807) is 13.3 Å². The molecule has 0 spiro atoms. The van der Waals surface area contributed by atoms with Crippen LogP contribution in [0.15, 0.2) is 41.0 Å². The van der Waals surface area contributed by atoms with E-state index in [-0.39, 0.29) is 23.8 Å². The summed E-state index contributed by atoms with van der Waals surface area (Å²) >= 11 is 2.71. The number of aromatic nitrogens is 4. The number of carbonyl (C=O) groups is 1. The standard InChI is InChI=1S/C19H23N5O3S2/c1-12(2)24-17(13(3)27-15-8-6-5-7-14(15)26-4)22-23-19(24)29-11-16(25)21-18-20-9-10-28-18/h5-10,12-13H,11H2,1-4H3,(H,20,21,25). The number of ether oxygens (including phenoxy) is 2. The summed E-state index contributed by atoms with van der Waals surface area (Å²) in [4.78, 5) is 16.2. The number of nitrogens with one attached hydrogen (secondary N) is 1. The Morgan fingerprint density at radius 1 is 1.24 bits per heavy atom. The molecule has 8 nitrogen and oxygen atoms in total. The minimum atomic E-state index is -0.348. The molecule has 3 rings (SSSR count). The summed E-state index contributed by atoms with van der Waals surface area (Å²) in [7, 11) is 1.61. The Morgan fingerprint density at radius 3 is 2.66 bits per heavy atom. The van der Waals surface area contributed by atoms with Crippen molar-refractivity contribution in [2.75, 3.05) is 18.2 Å². The summed E-state index contributed by atoms with van der Waals surface area (Å²) in [6.07, 6.45) is 1.30. The van der Waals surface area contributed by atoms with Gasteiger partial charge >= 0.3 is 0 Å². The fourth-order valence-corrected chi connectivity index (χ4v) is 4.10.